The zero-order valence-corrected chi connectivity index (χ0v) is 13.4. The Morgan fingerprint density at radius 1 is 1.17 bits per heavy atom. The number of aliphatic hydroxyl groups excluding tert-OH is 1. The lowest BCUT2D eigenvalue weighted by atomic mass is 10.1. The number of rotatable bonds is 3. The van der Waals surface area contributed by atoms with E-state index in [1.807, 2.05) is 60.7 Å². The van der Waals surface area contributed by atoms with Crippen LogP contribution in [0.3, 0.4) is 0 Å². The minimum Gasteiger partial charge on any atom is -0.497 e. The zero-order chi connectivity index (χ0) is 16.5. The topological polar surface area (TPSA) is 58.1 Å². The number of methoxy groups -OCH3 is 1. The Balaban J connectivity index is 1.62. The molecule has 0 radical (unpaired) electrons. The standard InChI is InChI=1S/C20H18N2O2/c1-24-17-7-8-18-14(11-17)9-15(20(18)23)10-16-12-19(22-21-16)13-5-3-2-4-6-13/h2-8,10-12,20,23H,9H2,1H3,(H,21,22). The van der Waals surface area contributed by atoms with Crippen molar-refractivity contribution in [2.24, 2.45) is 0 Å². The minimum atomic E-state index is -0.575. The fourth-order valence-corrected chi connectivity index (χ4v) is 3.14. The van der Waals surface area contributed by atoms with Gasteiger partial charge in [-0.25, -0.2) is 0 Å². The Morgan fingerprint density at radius 2 is 2.00 bits per heavy atom. The predicted octanol–water partition coefficient (Wildman–Crippen LogP) is 3.76. The SMILES string of the molecule is COc1ccc2c(c1)CC(=Cc1cc(-c3ccccc3)n[nH]1)C2O. The molecule has 4 rings (SSSR count). The molecule has 1 aliphatic rings. The maximum absolute atomic E-state index is 10.5. The van der Waals surface area contributed by atoms with Crippen molar-refractivity contribution in [1.29, 1.82) is 0 Å². The maximum atomic E-state index is 10.5. The van der Waals surface area contributed by atoms with E-state index in [4.69, 9.17) is 4.74 Å². The van der Waals surface area contributed by atoms with E-state index in [2.05, 4.69) is 10.2 Å². The van der Waals surface area contributed by atoms with Crippen LogP contribution in [0.2, 0.25) is 0 Å². The van der Waals surface area contributed by atoms with Crippen molar-refractivity contribution in [2.45, 2.75) is 12.5 Å². The van der Waals surface area contributed by atoms with Crippen molar-refractivity contribution in [3.8, 4) is 17.0 Å². The van der Waals surface area contributed by atoms with Gasteiger partial charge in [-0.05, 0) is 47.4 Å². The van der Waals surface area contributed by atoms with Gasteiger partial charge in [0.15, 0.2) is 0 Å². The average Bonchev–Trinajstić information content (AvgIpc) is 3.21. The van der Waals surface area contributed by atoms with Crippen LogP contribution in [0.4, 0.5) is 0 Å². The van der Waals surface area contributed by atoms with Crippen LogP contribution in [0.25, 0.3) is 17.3 Å². The van der Waals surface area contributed by atoms with Crippen LogP contribution in [-0.4, -0.2) is 22.4 Å². The number of nitrogens with one attached hydrogen (secondary N) is 1. The van der Waals surface area contributed by atoms with Gasteiger partial charge in [-0.1, -0.05) is 36.4 Å². The highest BCUT2D eigenvalue weighted by Gasteiger charge is 2.25. The van der Waals surface area contributed by atoms with E-state index in [9.17, 15) is 5.11 Å². The number of aromatic amines is 1. The number of fused-ring (bicyclic) bond motifs is 1. The summed E-state index contributed by atoms with van der Waals surface area (Å²) in [5.41, 5.74) is 5.87. The molecule has 2 N–H and O–H groups in total. The number of benzene rings is 2. The summed E-state index contributed by atoms with van der Waals surface area (Å²) in [7, 11) is 1.65. The summed E-state index contributed by atoms with van der Waals surface area (Å²) in [6.07, 6.45) is 2.12. The number of H-pyrrole nitrogens is 1. The molecule has 120 valence electrons. The van der Waals surface area contributed by atoms with Gasteiger partial charge in [-0.3, -0.25) is 5.10 Å². The molecule has 4 nitrogen and oxygen atoms in total. The molecule has 0 aliphatic heterocycles. The molecule has 0 saturated carbocycles. The number of nitrogens with zero attached hydrogens (tertiary/aromatic N) is 1. The van der Waals surface area contributed by atoms with Gasteiger partial charge in [0.2, 0.25) is 0 Å². The Morgan fingerprint density at radius 3 is 2.79 bits per heavy atom. The molecule has 4 heteroatoms. The molecular formula is C20H18N2O2. The first-order valence-corrected chi connectivity index (χ1v) is 7.91. The largest absolute Gasteiger partial charge is 0.497 e. The zero-order valence-electron chi connectivity index (χ0n) is 13.4. The van der Waals surface area contributed by atoms with Crippen molar-refractivity contribution in [2.75, 3.05) is 7.11 Å². The lowest BCUT2D eigenvalue weighted by Gasteiger charge is -2.06. The van der Waals surface area contributed by atoms with E-state index in [0.717, 1.165) is 39.4 Å². The Labute approximate surface area is 140 Å². The lowest BCUT2D eigenvalue weighted by molar-refractivity contribution is 0.222. The Kier molecular flexibility index (Phi) is 3.67. The second-order valence-corrected chi connectivity index (χ2v) is 5.94. The molecule has 0 spiro atoms. The van der Waals surface area contributed by atoms with Gasteiger partial charge in [0, 0.05) is 5.56 Å². The smallest absolute Gasteiger partial charge is 0.119 e. The third-order valence-electron chi connectivity index (χ3n) is 4.40. The third-order valence-corrected chi connectivity index (χ3v) is 4.40. The Bertz CT molecular complexity index is 897. The third kappa shape index (κ3) is 2.61. The van der Waals surface area contributed by atoms with E-state index < -0.39 is 6.10 Å². The fourth-order valence-electron chi connectivity index (χ4n) is 3.14. The summed E-state index contributed by atoms with van der Waals surface area (Å²) < 4.78 is 5.26. The summed E-state index contributed by atoms with van der Waals surface area (Å²) in [4.78, 5) is 0. The van der Waals surface area contributed by atoms with Crippen molar-refractivity contribution in [3.05, 3.63) is 77.0 Å². The molecule has 1 unspecified atom stereocenters. The number of ether oxygens (including phenoxy) is 1. The van der Waals surface area contributed by atoms with E-state index in [1.165, 1.54) is 0 Å². The molecule has 24 heavy (non-hydrogen) atoms. The summed E-state index contributed by atoms with van der Waals surface area (Å²) in [6, 6.07) is 17.8. The number of aliphatic hydroxyl groups is 1. The predicted molar refractivity (Wildman–Crippen MR) is 93.7 cm³/mol. The molecule has 1 aliphatic carbocycles. The Hall–Kier alpha value is -2.85. The summed E-state index contributed by atoms with van der Waals surface area (Å²) in [5, 5.41) is 17.9. The molecule has 1 atom stereocenters. The van der Waals surface area contributed by atoms with Gasteiger partial charge in [0.1, 0.15) is 11.9 Å². The molecule has 3 aromatic rings. The fraction of sp³-hybridized carbons (Fsp3) is 0.150. The van der Waals surface area contributed by atoms with Crippen molar-refractivity contribution in [1.82, 2.24) is 10.2 Å². The highest BCUT2D eigenvalue weighted by molar-refractivity contribution is 5.65. The van der Waals surface area contributed by atoms with Crippen LogP contribution in [-0.2, 0) is 6.42 Å². The van der Waals surface area contributed by atoms with Gasteiger partial charge in [-0.15, -0.1) is 0 Å². The molecule has 2 aromatic carbocycles. The number of aromatic nitrogens is 2. The molecule has 0 saturated heterocycles. The highest BCUT2D eigenvalue weighted by atomic mass is 16.5. The van der Waals surface area contributed by atoms with Gasteiger partial charge < -0.3 is 9.84 Å². The molecular weight excluding hydrogens is 300 g/mol. The molecule has 0 bridgehead atoms. The summed E-state index contributed by atoms with van der Waals surface area (Å²) in [6.45, 7) is 0. The summed E-state index contributed by atoms with van der Waals surface area (Å²) in [5.74, 6) is 0.815. The summed E-state index contributed by atoms with van der Waals surface area (Å²) >= 11 is 0. The van der Waals surface area contributed by atoms with Crippen LogP contribution in [0, 0.1) is 0 Å². The minimum absolute atomic E-state index is 0.575. The van der Waals surface area contributed by atoms with Crippen molar-refractivity contribution in [3.63, 3.8) is 0 Å². The molecule has 0 fully saturated rings. The lowest BCUT2D eigenvalue weighted by Crippen LogP contribution is -1.94. The molecule has 1 aromatic heterocycles. The van der Waals surface area contributed by atoms with Gasteiger partial charge in [0.05, 0.1) is 18.5 Å². The first kappa shape index (κ1) is 14.7. The second kappa shape index (κ2) is 5.98. The molecule has 1 heterocycles. The van der Waals surface area contributed by atoms with E-state index in [1.54, 1.807) is 7.11 Å². The van der Waals surface area contributed by atoms with Crippen molar-refractivity contribution < 1.29 is 9.84 Å². The van der Waals surface area contributed by atoms with E-state index in [0.29, 0.717) is 6.42 Å². The van der Waals surface area contributed by atoms with Crippen LogP contribution in [0.1, 0.15) is 22.9 Å². The first-order chi connectivity index (χ1) is 11.7. The van der Waals surface area contributed by atoms with Gasteiger partial charge >= 0.3 is 0 Å². The highest BCUT2D eigenvalue weighted by Crippen LogP contribution is 2.38. The van der Waals surface area contributed by atoms with Crippen LogP contribution in [0.15, 0.2) is 60.2 Å². The van der Waals surface area contributed by atoms with E-state index >= 15 is 0 Å². The monoisotopic (exact) mass is 318 g/mol. The quantitative estimate of drug-likeness (QED) is 0.773. The normalized spacial score (nSPS) is 17.9. The maximum Gasteiger partial charge on any atom is 0.119 e. The van der Waals surface area contributed by atoms with Gasteiger partial charge in [-0.2, -0.15) is 5.10 Å². The molecule has 0 amide bonds. The van der Waals surface area contributed by atoms with E-state index in [-0.39, 0.29) is 0 Å². The van der Waals surface area contributed by atoms with Gasteiger partial charge in [0.25, 0.3) is 0 Å². The van der Waals surface area contributed by atoms with Crippen LogP contribution in [0.5, 0.6) is 5.75 Å². The van der Waals surface area contributed by atoms with Crippen LogP contribution < -0.4 is 4.74 Å². The number of hydrogen-bond donors (Lipinski definition) is 2. The first-order valence-electron chi connectivity index (χ1n) is 7.91. The second-order valence-electron chi connectivity index (χ2n) is 5.94. The van der Waals surface area contributed by atoms with Crippen molar-refractivity contribution >= 4 is 6.08 Å². The number of hydrogen-bond acceptors (Lipinski definition) is 3. The van der Waals surface area contributed by atoms with Crippen LogP contribution >= 0.6 is 0 Å². The average molecular weight is 318 g/mol.